The van der Waals surface area contributed by atoms with Crippen LogP contribution in [-0.2, 0) is 20.7 Å². The van der Waals surface area contributed by atoms with Crippen LogP contribution >= 0.6 is 0 Å². The Morgan fingerprint density at radius 2 is 2.04 bits per heavy atom. The molecule has 0 saturated carbocycles. The number of carbonyl (C=O) groups is 2. The maximum atomic E-state index is 12.3. The number of piperazine rings is 1. The Labute approximate surface area is 137 Å². The van der Waals surface area contributed by atoms with E-state index >= 15 is 0 Å². The van der Waals surface area contributed by atoms with Gasteiger partial charge in [-0.1, -0.05) is 30.3 Å². The van der Waals surface area contributed by atoms with Gasteiger partial charge in [-0.05, 0) is 24.3 Å². The molecule has 1 atom stereocenters. The summed E-state index contributed by atoms with van der Waals surface area (Å²) in [6.45, 7) is 3.66. The van der Waals surface area contributed by atoms with Gasteiger partial charge in [0.15, 0.2) is 0 Å². The molecule has 0 unspecified atom stereocenters. The van der Waals surface area contributed by atoms with Crippen LogP contribution in [0.25, 0.3) is 0 Å². The maximum Gasteiger partial charge on any atom is 0.242 e. The highest BCUT2D eigenvalue weighted by molar-refractivity contribution is 5.86. The average molecular weight is 316 g/mol. The molecular weight excluding hydrogens is 292 g/mol. The molecule has 0 radical (unpaired) electrons. The molecule has 5 heteroatoms. The molecule has 1 aromatic carbocycles. The van der Waals surface area contributed by atoms with Gasteiger partial charge in [-0.3, -0.25) is 9.59 Å². The van der Waals surface area contributed by atoms with E-state index in [0.717, 1.165) is 26.0 Å². The van der Waals surface area contributed by atoms with Gasteiger partial charge < -0.3 is 14.5 Å². The van der Waals surface area contributed by atoms with Crippen LogP contribution in [0.4, 0.5) is 0 Å². The summed E-state index contributed by atoms with van der Waals surface area (Å²) < 4.78 is 5.31. The Balaban J connectivity index is 1.45. The van der Waals surface area contributed by atoms with Gasteiger partial charge in [0.2, 0.25) is 11.8 Å². The van der Waals surface area contributed by atoms with Crippen molar-refractivity contribution in [2.24, 2.45) is 5.92 Å². The molecule has 2 saturated heterocycles. The summed E-state index contributed by atoms with van der Waals surface area (Å²) in [5.74, 6) is 0.480. The first-order chi connectivity index (χ1) is 11.2. The molecule has 0 aliphatic carbocycles. The zero-order valence-corrected chi connectivity index (χ0v) is 13.4. The van der Waals surface area contributed by atoms with Gasteiger partial charge in [-0.15, -0.1) is 0 Å². The van der Waals surface area contributed by atoms with Crippen molar-refractivity contribution < 1.29 is 14.3 Å². The van der Waals surface area contributed by atoms with Crippen molar-refractivity contribution in [3.63, 3.8) is 0 Å². The Morgan fingerprint density at radius 1 is 1.22 bits per heavy atom. The molecule has 2 amide bonds. The lowest BCUT2D eigenvalue weighted by Gasteiger charge is -2.34. The van der Waals surface area contributed by atoms with Gasteiger partial charge in [-0.25, -0.2) is 0 Å². The molecular formula is C18H24N2O3. The molecule has 2 heterocycles. The Bertz CT molecular complexity index is 540. The van der Waals surface area contributed by atoms with E-state index in [2.05, 4.69) is 12.1 Å². The smallest absolute Gasteiger partial charge is 0.242 e. The number of hydrogen-bond donors (Lipinski definition) is 0. The van der Waals surface area contributed by atoms with Crippen molar-refractivity contribution in [3.8, 4) is 0 Å². The number of hydrogen-bond acceptors (Lipinski definition) is 3. The molecule has 0 N–H and O–H groups in total. The average Bonchev–Trinajstić information content (AvgIpc) is 3.07. The van der Waals surface area contributed by atoms with Crippen LogP contribution in [0.3, 0.4) is 0 Å². The van der Waals surface area contributed by atoms with Crippen LogP contribution in [0, 0.1) is 5.92 Å². The number of nitrogens with zero attached hydrogens (tertiary/aromatic N) is 2. The van der Waals surface area contributed by atoms with Crippen molar-refractivity contribution in [3.05, 3.63) is 35.9 Å². The van der Waals surface area contributed by atoms with Gasteiger partial charge in [0.1, 0.15) is 0 Å². The molecule has 0 spiro atoms. The van der Waals surface area contributed by atoms with E-state index in [4.69, 9.17) is 4.74 Å². The third-order valence-electron chi connectivity index (χ3n) is 4.67. The Hall–Kier alpha value is -1.88. The van der Waals surface area contributed by atoms with E-state index in [1.807, 2.05) is 23.1 Å². The minimum atomic E-state index is 0.0585. The third-order valence-corrected chi connectivity index (χ3v) is 4.67. The highest BCUT2D eigenvalue weighted by atomic mass is 16.5. The molecule has 0 aromatic heterocycles. The number of carbonyl (C=O) groups excluding carboxylic acids is 2. The van der Waals surface area contributed by atoms with Gasteiger partial charge in [-0.2, -0.15) is 0 Å². The van der Waals surface area contributed by atoms with Crippen molar-refractivity contribution in [1.82, 2.24) is 9.80 Å². The predicted octanol–water partition coefficient (Wildman–Crippen LogP) is 1.33. The maximum absolute atomic E-state index is 12.3. The molecule has 2 fully saturated rings. The van der Waals surface area contributed by atoms with Gasteiger partial charge in [0, 0.05) is 39.3 Å². The predicted molar refractivity (Wildman–Crippen MR) is 86.8 cm³/mol. The van der Waals surface area contributed by atoms with E-state index < -0.39 is 0 Å². The normalized spacial score (nSPS) is 21.7. The third kappa shape index (κ3) is 4.32. The largest absolute Gasteiger partial charge is 0.381 e. The molecule has 5 nitrogen and oxygen atoms in total. The molecule has 2 aliphatic heterocycles. The van der Waals surface area contributed by atoms with Gasteiger partial charge >= 0.3 is 0 Å². The second-order valence-electron chi connectivity index (χ2n) is 6.37. The fourth-order valence-corrected chi connectivity index (χ4v) is 3.19. The summed E-state index contributed by atoms with van der Waals surface area (Å²) in [6, 6.07) is 10.2. The Kier molecular flexibility index (Phi) is 5.28. The number of amides is 2. The second-order valence-corrected chi connectivity index (χ2v) is 6.37. The zero-order chi connectivity index (χ0) is 16.1. The first kappa shape index (κ1) is 16.0. The molecule has 23 heavy (non-hydrogen) atoms. The molecule has 2 aliphatic rings. The summed E-state index contributed by atoms with van der Waals surface area (Å²) in [5, 5.41) is 0. The van der Waals surface area contributed by atoms with Crippen molar-refractivity contribution >= 4 is 11.8 Å². The van der Waals surface area contributed by atoms with Crippen molar-refractivity contribution in [2.75, 3.05) is 39.4 Å². The van der Waals surface area contributed by atoms with E-state index in [0.29, 0.717) is 32.0 Å². The molecule has 1 aromatic rings. The standard InChI is InChI=1S/C18H24N2O3/c21-17(12-16-7-11-23-14-16)20-10-9-19(18(22)13-20)8-6-15-4-2-1-3-5-15/h1-5,16H,6-14H2/t16-/m0/s1. The molecule has 0 bridgehead atoms. The first-order valence-corrected chi connectivity index (χ1v) is 8.39. The monoisotopic (exact) mass is 316 g/mol. The minimum Gasteiger partial charge on any atom is -0.381 e. The second kappa shape index (κ2) is 7.59. The summed E-state index contributed by atoms with van der Waals surface area (Å²) in [4.78, 5) is 28.1. The summed E-state index contributed by atoms with van der Waals surface area (Å²) in [5.41, 5.74) is 1.24. The fraction of sp³-hybridized carbons (Fsp3) is 0.556. The molecule has 124 valence electrons. The first-order valence-electron chi connectivity index (χ1n) is 8.39. The number of ether oxygens (including phenoxy) is 1. The van der Waals surface area contributed by atoms with Crippen LogP contribution in [0.2, 0.25) is 0 Å². The van der Waals surface area contributed by atoms with Crippen LogP contribution < -0.4 is 0 Å². The van der Waals surface area contributed by atoms with Crippen molar-refractivity contribution in [1.29, 1.82) is 0 Å². The van der Waals surface area contributed by atoms with E-state index in [9.17, 15) is 9.59 Å². The molecule has 3 rings (SSSR count). The lowest BCUT2D eigenvalue weighted by molar-refractivity contribution is -0.145. The van der Waals surface area contributed by atoms with Crippen LogP contribution in [-0.4, -0.2) is 61.0 Å². The highest BCUT2D eigenvalue weighted by Gasteiger charge is 2.29. The summed E-state index contributed by atoms with van der Waals surface area (Å²) >= 11 is 0. The topological polar surface area (TPSA) is 49.9 Å². The summed E-state index contributed by atoms with van der Waals surface area (Å²) in [7, 11) is 0. The number of rotatable bonds is 5. The van der Waals surface area contributed by atoms with Crippen LogP contribution in [0.15, 0.2) is 30.3 Å². The number of benzene rings is 1. The van der Waals surface area contributed by atoms with Crippen molar-refractivity contribution in [2.45, 2.75) is 19.3 Å². The zero-order valence-electron chi connectivity index (χ0n) is 13.4. The van der Waals surface area contributed by atoms with Crippen LogP contribution in [0.5, 0.6) is 0 Å². The lowest BCUT2D eigenvalue weighted by atomic mass is 10.0. The van der Waals surface area contributed by atoms with Gasteiger partial charge in [0.25, 0.3) is 0 Å². The SMILES string of the molecule is O=C1CN(C(=O)C[C@@H]2CCOC2)CCN1CCc1ccccc1. The Morgan fingerprint density at radius 3 is 2.74 bits per heavy atom. The van der Waals surface area contributed by atoms with E-state index in [1.54, 1.807) is 4.90 Å². The van der Waals surface area contributed by atoms with Gasteiger partial charge in [0.05, 0.1) is 6.54 Å². The van der Waals surface area contributed by atoms with E-state index in [1.165, 1.54) is 5.56 Å². The minimum absolute atomic E-state index is 0.0585. The van der Waals surface area contributed by atoms with Crippen LogP contribution in [0.1, 0.15) is 18.4 Å². The van der Waals surface area contributed by atoms with E-state index in [-0.39, 0.29) is 18.4 Å². The highest BCUT2D eigenvalue weighted by Crippen LogP contribution is 2.18. The lowest BCUT2D eigenvalue weighted by Crippen LogP contribution is -2.52. The summed E-state index contributed by atoms with van der Waals surface area (Å²) in [6.07, 6.45) is 2.33. The quantitative estimate of drug-likeness (QED) is 0.823. The fourth-order valence-electron chi connectivity index (χ4n) is 3.19.